The molecule has 3 rings (SSSR count). The predicted octanol–water partition coefficient (Wildman–Crippen LogP) is 1.05. The number of nitrogens with two attached hydrogens (primary N) is 1. The molecule has 0 radical (unpaired) electrons. The van der Waals surface area contributed by atoms with E-state index < -0.39 is 9.84 Å². The molecule has 1 fully saturated rings. The summed E-state index contributed by atoms with van der Waals surface area (Å²) in [4.78, 5) is 0. The van der Waals surface area contributed by atoms with Crippen molar-refractivity contribution in [2.24, 2.45) is 0 Å². The maximum atomic E-state index is 11.5. The molecule has 0 amide bonds. The minimum atomic E-state index is -2.90. The minimum Gasteiger partial charge on any atom is -0.384 e. The molecule has 0 bridgehead atoms. The molecule has 1 aliphatic heterocycles. The van der Waals surface area contributed by atoms with Crippen LogP contribution in [0.3, 0.4) is 0 Å². The number of aryl methyl sites for hydroxylation is 1. The summed E-state index contributed by atoms with van der Waals surface area (Å²) in [6.07, 6.45) is 2.64. The number of aromatic nitrogens is 2. The molecule has 2 aliphatic rings. The quantitative estimate of drug-likeness (QED) is 0.826. The Kier molecular flexibility index (Phi) is 2.33. The first-order valence-corrected chi connectivity index (χ1v) is 8.20. The first kappa shape index (κ1) is 12.0. The normalized spacial score (nSPS) is 28.4. The third kappa shape index (κ3) is 1.66. The Morgan fingerprint density at radius 3 is 2.72 bits per heavy atom. The second-order valence-corrected chi connectivity index (χ2v) is 8.32. The highest BCUT2D eigenvalue weighted by molar-refractivity contribution is 7.91. The SMILES string of the molecule is CC1(C)CCc2nn(C3CCS(=O)(=O)C3)c(N)c21. The van der Waals surface area contributed by atoms with Gasteiger partial charge in [-0.2, -0.15) is 5.10 Å². The van der Waals surface area contributed by atoms with Gasteiger partial charge in [0.2, 0.25) is 0 Å². The van der Waals surface area contributed by atoms with Gasteiger partial charge < -0.3 is 5.73 Å². The molecule has 5 nitrogen and oxygen atoms in total. The molecule has 1 aromatic heterocycles. The Hall–Kier alpha value is -1.04. The molecule has 18 heavy (non-hydrogen) atoms. The van der Waals surface area contributed by atoms with Crippen molar-refractivity contribution in [2.75, 3.05) is 17.2 Å². The Morgan fingerprint density at radius 2 is 2.17 bits per heavy atom. The van der Waals surface area contributed by atoms with Crippen LogP contribution in [0.4, 0.5) is 5.82 Å². The van der Waals surface area contributed by atoms with Gasteiger partial charge in [-0.3, -0.25) is 0 Å². The Bertz CT molecular complexity index is 601. The van der Waals surface area contributed by atoms with Crippen molar-refractivity contribution in [1.82, 2.24) is 9.78 Å². The highest BCUT2D eigenvalue weighted by Crippen LogP contribution is 2.42. The van der Waals surface area contributed by atoms with E-state index in [1.807, 2.05) is 0 Å². The number of anilines is 1. The van der Waals surface area contributed by atoms with Gasteiger partial charge in [-0.1, -0.05) is 13.8 Å². The van der Waals surface area contributed by atoms with Crippen LogP contribution < -0.4 is 5.73 Å². The minimum absolute atomic E-state index is 0.0646. The third-order valence-corrected chi connectivity index (χ3v) is 5.99. The fourth-order valence-corrected chi connectivity index (χ4v) is 4.90. The first-order valence-electron chi connectivity index (χ1n) is 6.38. The van der Waals surface area contributed by atoms with Crippen molar-refractivity contribution < 1.29 is 8.42 Å². The Labute approximate surface area is 107 Å². The van der Waals surface area contributed by atoms with E-state index in [2.05, 4.69) is 18.9 Å². The summed E-state index contributed by atoms with van der Waals surface area (Å²) >= 11 is 0. The molecule has 1 aliphatic carbocycles. The number of hydrogen-bond donors (Lipinski definition) is 1. The highest BCUT2D eigenvalue weighted by Gasteiger charge is 2.38. The van der Waals surface area contributed by atoms with E-state index in [0.29, 0.717) is 12.2 Å². The monoisotopic (exact) mass is 269 g/mol. The predicted molar refractivity (Wildman–Crippen MR) is 70.3 cm³/mol. The summed E-state index contributed by atoms with van der Waals surface area (Å²) in [7, 11) is -2.90. The number of fused-ring (bicyclic) bond motifs is 1. The molecular formula is C12H19N3O2S. The zero-order valence-electron chi connectivity index (χ0n) is 10.8. The molecule has 1 atom stereocenters. The van der Waals surface area contributed by atoms with Crippen molar-refractivity contribution in [3.8, 4) is 0 Å². The summed E-state index contributed by atoms with van der Waals surface area (Å²) in [5.41, 5.74) is 8.46. The average Bonchev–Trinajstić information content (AvgIpc) is 2.84. The lowest BCUT2D eigenvalue weighted by molar-refractivity contribution is 0.481. The third-order valence-electron chi connectivity index (χ3n) is 4.24. The maximum Gasteiger partial charge on any atom is 0.152 e. The second kappa shape index (κ2) is 3.50. The zero-order chi connectivity index (χ0) is 13.1. The summed E-state index contributed by atoms with van der Waals surface area (Å²) in [5.74, 6) is 1.11. The van der Waals surface area contributed by atoms with Gasteiger partial charge in [-0.25, -0.2) is 13.1 Å². The van der Waals surface area contributed by atoms with Crippen molar-refractivity contribution in [1.29, 1.82) is 0 Å². The molecule has 6 heteroatoms. The van der Waals surface area contributed by atoms with Gasteiger partial charge in [0.25, 0.3) is 0 Å². The van der Waals surface area contributed by atoms with E-state index in [9.17, 15) is 8.42 Å². The van der Waals surface area contributed by atoms with E-state index in [-0.39, 0.29) is 23.0 Å². The topological polar surface area (TPSA) is 78.0 Å². The van der Waals surface area contributed by atoms with Crippen molar-refractivity contribution >= 4 is 15.7 Å². The molecule has 2 heterocycles. The molecule has 1 saturated heterocycles. The zero-order valence-corrected chi connectivity index (χ0v) is 11.6. The number of nitrogens with zero attached hydrogens (tertiary/aromatic N) is 2. The molecular weight excluding hydrogens is 250 g/mol. The van der Waals surface area contributed by atoms with Gasteiger partial charge in [-0.15, -0.1) is 0 Å². The van der Waals surface area contributed by atoms with E-state index in [1.54, 1.807) is 4.68 Å². The van der Waals surface area contributed by atoms with Gasteiger partial charge in [0.05, 0.1) is 23.2 Å². The molecule has 0 spiro atoms. The van der Waals surface area contributed by atoms with E-state index in [4.69, 9.17) is 5.73 Å². The van der Waals surface area contributed by atoms with E-state index in [1.165, 1.54) is 0 Å². The largest absolute Gasteiger partial charge is 0.384 e. The smallest absolute Gasteiger partial charge is 0.152 e. The van der Waals surface area contributed by atoms with Crippen LogP contribution in [0.1, 0.15) is 44.0 Å². The van der Waals surface area contributed by atoms with Gasteiger partial charge in [-0.05, 0) is 24.7 Å². The number of rotatable bonds is 1. The van der Waals surface area contributed by atoms with Gasteiger partial charge in [0, 0.05) is 5.56 Å². The van der Waals surface area contributed by atoms with Crippen molar-refractivity contribution in [2.45, 2.75) is 44.6 Å². The maximum absolute atomic E-state index is 11.5. The van der Waals surface area contributed by atoms with Crippen molar-refractivity contribution in [3.63, 3.8) is 0 Å². The Morgan fingerprint density at radius 1 is 1.44 bits per heavy atom. The number of hydrogen-bond acceptors (Lipinski definition) is 4. The van der Waals surface area contributed by atoms with Crippen molar-refractivity contribution in [3.05, 3.63) is 11.3 Å². The van der Waals surface area contributed by atoms with Gasteiger partial charge in [0.15, 0.2) is 9.84 Å². The molecule has 100 valence electrons. The Balaban J connectivity index is 2.02. The second-order valence-electron chi connectivity index (χ2n) is 6.09. The lowest BCUT2D eigenvalue weighted by Crippen LogP contribution is -2.19. The summed E-state index contributed by atoms with van der Waals surface area (Å²) in [6, 6.07) is -0.0728. The average molecular weight is 269 g/mol. The first-order chi connectivity index (χ1) is 8.30. The molecule has 2 N–H and O–H groups in total. The fraction of sp³-hybridized carbons (Fsp3) is 0.750. The summed E-state index contributed by atoms with van der Waals surface area (Å²) in [6.45, 7) is 4.35. The lowest BCUT2D eigenvalue weighted by Gasteiger charge is -2.20. The summed E-state index contributed by atoms with van der Waals surface area (Å²) in [5, 5.41) is 4.56. The van der Waals surface area contributed by atoms with Crippen LogP contribution in [0.25, 0.3) is 0 Å². The van der Waals surface area contributed by atoms with Crippen LogP contribution in [0.15, 0.2) is 0 Å². The van der Waals surface area contributed by atoms with Crippen LogP contribution in [0, 0.1) is 0 Å². The molecule has 1 aromatic rings. The van der Waals surface area contributed by atoms with E-state index in [0.717, 1.165) is 24.1 Å². The fourth-order valence-electron chi connectivity index (χ4n) is 3.21. The van der Waals surface area contributed by atoms with Crippen LogP contribution in [0.5, 0.6) is 0 Å². The number of sulfone groups is 1. The van der Waals surface area contributed by atoms with Gasteiger partial charge >= 0.3 is 0 Å². The lowest BCUT2D eigenvalue weighted by atomic mass is 9.87. The van der Waals surface area contributed by atoms with Crippen LogP contribution >= 0.6 is 0 Å². The number of nitrogen functional groups attached to an aromatic ring is 1. The molecule has 0 aromatic carbocycles. The van der Waals surface area contributed by atoms with Crippen LogP contribution in [-0.4, -0.2) is 29.7 Å². The molecule has 1 unspecified atom stereocenters. The highest BCUT2D eigenvalue weighted by atomic mass is 32.2. The standard InChI is InChI=1S/C12H19N3O2S/c1-12(2)5-3-9-10(12)11(13)15(14-9)8-4-6-18(16,17)7-8/h8H,3-7,13H2,1-2H3. The summed E-state index contributed by atoms with van der Waals surface area (Å²) < 4.78 is 24.9. The van der Waals surface area contributed by atoms with E-state index >= 15 is 0 Å². The van der Waals surface area contributed by atoms with Crippen LogP contribution in [-0.2, 0) is 21.7 Å². The molecule has 0 saturated carbocycles. The van der Waals surface area contributed by atoms with Crippen LogP contribution in [0.2, 0.25) is 0 Å². The van der Waals surface area contributed by atoms with Gasteiger partial charge in [0.1, 0.15) is 5.82 Å².